The molecule has 4 aromatic rings. The second kappa shape index (κ2) is 35.6. The van der Waals surface area contributed by atoms with E-state index in [1.807, 2.05) is 121 Å². The standard InChI is InChI=1S/C55H73N5O11/c61-50(57-37-17-6-19-39-60(54(65)34-35-55(66)67)71-45-49-28-14-4-15-29-49)30-32-52(63)58(69-43-47-24-10-2-11-25-47)38-18-5-16-36-56-51(62)31-33-53(64)59(70-44-48-26-12-3-13-27-48)40-20-7-21-41-68-42-46-22-8-1-9-23-46/h1-4,8-15,22-29H,5-7,16-21,30-45H2,(H,56,62)(H,57,61)(H,66,67). The van der Waals surface area contributed by atoms with Crippen molar-refractivity contribution in [3.8, 4) is 0 Å². The Kier molecular flexibility index (Phi) is 28.6. The number of amides is 5. The van der Waals surface area contributed by atoms with Crippen LogP contribution in [0.3, 0.4) is 0 Å². The van der Waals surface area contributed by atoms with Crippen molar-refractivity contribution in [2.75, 3.05) is 39.3 Å². The molecule has 3 N–H and O–H groups in total. The van der Waals surface area contributed by atoms with E-state index < -0.39 is 11.9 Å². The van der Waals surface area contributed by atoms with Crippen LogP contribution in [0.1, 0.15) is 119 Å². The van der Waals surface area contributed by atoms with Crippen molar-refractivity contribution < 1.29 is 53.1 Å². The van der Waals surface area contributed by atoms with E-state index in [0.717, 1.165) is 41.5 Å². The molecule has 0 spiro atoms. The Labute approximate surface area is 418 Å². The quantitative estimate of drug-likeness (QED) is 0.0289. The molecule has 4 rings (SSSR count). The first kappa shape index (κ1) is 57.1. The maximum absolute atomic E-state index is 13.3. The second-order valence-electron chi connectivity index (χ2n) is 17.1. The molecule has 0 atom stereocenters. The van der Waals surface area contributed by atoms with Gasteiger partial charge in [-0.2, -0.15) is 0 Å². The van der Waals surface area contributed by atoms with E-state index in [2.05, 4.69) is 10.6 Å². The Morgan fingerprint density at radius 3 is 1.06 bits per heavy atom. The van der Waals surface area contributed by atoms with Crippen molar-refractivity contribution in [2.24, 2.45) is 0 Å². The monoisotopic (exact) mass is 980 g/mol. The lowest BCUT2D eigenvalue weighted by atomic mass is 10.2. The predicted octanol–water partition coefficient (Wildman–Crippen LogP) is 8.25. The summed E-state index contributed by atoms with van der Waals surface area (Å²) >= 11 is 0. The normalized spacial score (nSPS) is 10.9. The Bertz CT molecular complexity index is 2120. The number of hydroxylamine groups is 6. The van der Waals surface area contributed by atoms with Crippen LogP contribution in [0.5, 0.6) is 0 Å². The highest BCUT2D eigenvalue weighted by Gasteiger charge is 2.19. The smallest absolute Gasteiger partial charge is 0.303 e. The Hall–Kier alpha value is -6.46. The second-order valence-corrected chi connectivity index (χ2v) is 17.1. The van der Waals surface area contributed by atoms with Crippen LogP contribution < -0.4 is 10.6 Å². The average molecular weight is 980 g/mol. The molecule has 384 valence electrons. The number of carboxylic acids is 1. The van der Waals surface area contributed by atoms with E-state index in [4.69, 9.17) is 24.4 Å². The van der Waals surface area contributed by atoms with Gasteiger partial charge in [-0.15, -0.1) is 0 Å². The van der Waals surface area contributed by atoms with Gasteiger partial charge in [-0.3, -0.25) is 43.3 Å². The zero-order chi connectivity index (χ0) is 50.6. The molecule has 16 heteroatoms. The van der Waals surface area contributed by atoms with Gasteiger partial charge in [0.25, 0.3) is 0 Å². The SMILES string of the molecule is O=C(O)CCC(=O)N(CCCCCNC(=O)CCC(=O)N(CCCCCNC(=O)CCC(=O)N(CCCCCOCc1ccccc1)OCc1ccccc1)OCc1ccccc1)OCc1ccccc1. The fourth-order valence-corrected chi connectivity index (χ4v) is 7.14. The Balaban J connectivity index is 1.11. The van der Waals surface area contributed by atoms with Crippen molar-refractivity contribution in [3.63, 3.8) is 0 Å². The first-order valence-corrected chi connectivity index (χ1v) is 24.9. The molecule has 0 aliphatic heterocycles. The van der Waals surface area contributed by atoms with Crippen molar-refractivity contribution in [1.82, 2.24) is 25.8 Å². The number of carbonyl (C=O) groups is 6. The molecule has 16 nitrogen and oxygen atoms in total. The Morgan fingerprint density at radius 2 is 0.704 bits per heavy atom. The minimum Gasteiger partial charge on any atom is -0.481 e. The largest absolute Gasteiger partial charge is 0.481 e. The number of benzene rings is 4. The number of hydrogen-bond donors (Lipinski definition) is 3. The average Bonchev–Trinajstić information content (AvgIpc) is 3.39. The Morgan fingerprint density at radius 1 is 0.380 bits per heavy atom. The highest BCUT2D eigenvalue weighted by Crippen LogP contribution is 2.13. The molecule has 0 radical (unpaired) electrons. The van der Waals surface area contributed by atoms with Gasteiger partial charge in [0.15, 0.2) is 0 Å². The number of carbonyl (C=O) groups excluding carboxylic acids is 5. The summed E-state index contributed by atoms with van der Waals surface area (Å²) in [5.74, 6) is -2.51. The lowest BCUT2D eigenvalue weighted by Crippen LogP contribution is -2.34. The van der Waals surface area contributed by atoms with E-state index in [0.29, 0.717) is 77.9 Å². The van der Waals surface area contributed by atoms with Gasteiger partial charge in [0, 0.05) is 71.4 Å². The fraction of sp³-hybridized carbons (Fsp3) is 0.455. The third-order valence-corrected chi connectivity index (χ3v) is 11.2. The molecule has 0 heterocycles. The van der Waals surface area contributed by atoms with Gasteiger partial charge in [-0.25, -0.2) is 15.2 Å². The number of ether oxygens (including phenoxy) is 1. The molecule has 0 saturated heterocycles. The molecule has 0 fully saturated rings. The molecule has 0 aliphatic carbocycles. The number of rotatable bonds is 38. The lowest BCUT2D eigenvalue weighted by molar-refractivity contribution is -0.192. The highest BCUT2D eigenvalue weighted by atomic mass is 16.7. The van der Waals surface area contributed by atoms with Crippen molar-refractivity contribution in [1.29, 1.82) is 0 Å². The summed E-state index contributed by atoms with van der Waals surface area (Å²) in [5, 5.41) is 18.7. The molecule has 4 aromatic carbocycles. The van der Waals surface area contributed by atoms with Crippen LogP contribution in [0.15, 0.2) is 121 Å². The number of aliphatic carboxylic acids is 1. The van der Waals surface area contributed by atoms with E-state index in [-0.39, 0.29) is 88.5 Å². The minimum absolute atomic E-state index is 0.0142. The van der Waals surface area contributed by atoms with Crippen molar-refractivity contribution >= 4 is 35.5 Å². The maximum atomic E-state index is 13.3. The van der Waals surface area contributed by atoms with E-state index in [1.54, 1.807) is 0 Å². The maximum Gasteiger partial charge on any atom is 0.303 e. The number of nitrogens with zero attached hydrogens (tertiary/aromatic N) is 3. The molecule has 5 amide bonds. The van der Waals surface area contributed by atoms with Crippen molar-refractivity contribution in [2.45, 2.75) is 123 Å². The third kappa shape index (κ3) is 26.4. The first-order valence-electron chi connectivity index (χ1n) is 24.9. The van der Waals surface area contributed by atoms with Gasteiger partial charge in [0.2, 0.25) is 29.5 Å². The molecule has 0 saturated carbocycles. The molecular weight excluding hydrogens is 907 g/mol. The van der Waals surface area contributed by atoms with Crippen molar-refractivity contribution in [3.05, 3.63) is 144 Å². The summed E-state index contributed by atoms with van der Waals surface area (Å²) in [6.45, 7) is 3.60. The molecule has 0 aromatic heterocycles. The zero-order valence-electron chi connectivity index (χ0n) is 41.1. The van der Waals surface area contributed by atoms with E-state index >= 15 is 0 Å². The van der Waals surface area contributed by atoms with Crippen LogP contribution in [0.4, 0.5) is 0 Å². The summed E-state index contributed by atoms with van der Waals surface area (Å²) in [6.07, 6.45) is 5.85. The van der Waals surface area contributed by atoms with Gasteiger partial charge in [0.1, 0.15) is 19.8 Å². The van der Waals surface area contributed by atoms with Crippen LogP contribution in [0.25, 0.3) is 0 Å². The van der Waals surface area contributed by atoms with Gasteiger partial charge in [-0.1, -0.05) is 121 Å². The summed E-state index contributed by atoms with van der Waals surface area (Å²) in [6, 6.07) is 38.5. The third-order valence-electron chi connectivity index (χ3n) is 11.2. The summed E-state index contributed by atoms with van der Waals surface area (Å²) in [4.78, 5) is 93.4. The van der Waals surface area contributed by atoms with Gasteiger partial charge < -0.3 is 20.5 Å². The summed E-state index contributed by atoms with van der Waals surface area (Å²) < 4.78 is 5.80. The highest BCUT2D eigenvalue weighted by molar-refractivity contribution is 5.84. The van der Waals surface area contributed by atoms with Crippen LogP contribution >= 0.6 is 0 Å². The summed E-state index contributed by atoms with van der Waals surface area (Å²) in [7, 11) is 0. The predicted molar refractivity (Wildman–Crippen MR) is 268 cm³/mol. The molecule has 0 unspecified atom stereocenters. The lowest BCUT2D eigenvalue weighted by Gasteiger charge is -2.22. The van der Waals surface area contributed by atoms with Crippen LogP contribution in [-0.2, 0) is 74.4 Å². The molecular formula is C55H73N5O11. The van der Waals surface area contributed by atoms with E-state index in [9.17, 15) is 28.8 Å². The number of carboxylic acid groups (broad SMARTS) is 1. The van der Waals surface area contributed by atoms with Crippen LogP contribution in [-0.4, -0.2) is 95.1 Å². The summed E-state index contributed by atoms with van der Waals surface area (Å²) in [5.41, 5.74) is 3.84. The number of hydrogen-bond acceptors (Lipinski definition) is 10. The minimum atomic E-state index is -1.06. The van der Waals surface area contributed by atoms with Crippen LogP contribution in [0, 0.1) is 0 Å². The number of unbranched alkanes of at least 4 members (excludes halogenated alkanes) is 6. The molecule has 0 bridgehead atoms. The number of nitrogens with one attached hydrogen (secondary N) is 2. The van der Waals surface area contributed by atoms with E-state index in [1.165, 1.54) is 15.2 Å². The molecule has 71 heavy (non-hydrogen) atoms. The van der Waals surface area contributed by atoms with Crippen LogP contribution in [0.2, 0.25) is 0 Å². The zero-order valence-corrected chi connectivity index (χ0v) is 41.1. The van der Waals surface area contributed by atoms with Gasteiger partial charge in [-0.05, 0) is 80.0 Å². The molecule has 0 aliphatic rings. The topological polar surface area (TPSA) is 193 Å². The van der Waals surface area contributed by atoms with Gasteiger partial charge >= 0.3 is 5.97 Å². The van der Waals surface area contributed by atoms with Gasteiger partial charge in [0.05, 0.1) is 13.0 Å². The first-order chi connectivity index (χ1) is 34.7. The fourth-order valence-electron chi connectivity index (χ4n) is 7.14.